The van der Waals surface area contributed by atoms with Crippen LogP contribution in [0.2, 0.25) is 0 Å². The van der Waals surface area contributed by atoms with Crippen molar-refractivity contribution in [3.05, 3.63) is 0 Å². The quantitative estimate of drug-likeness (QED) is 0.794. The zero-order valence-corrected chi connectivity index (χ0v) is 14.1. The van der Waals surface area contributed by atoms with Crippen LogP contribution in [0, 0.1) is 23.2 Å². The predicted molar refractivity (Wildman–Crippen MR) is 84.1 cm³/mol. The Balaban J connectivity index is 1.66. The molecule has 0 spiro atoms. The van der Waals surface area contributed by atoms with E-state index < -0.39 is 5.41 Å². The number of methoxy groups -OCH3 is 1. The molecular formula is C18H29NO3. The summed E-state index contributed by atoms with van der Waals surface area (Å²) in [5.74, 6) is 2.17. The van der Waals surface area contributed by atoms with Crippen molar-refractivity contribution in [2.24, 2.45) is 23.2 Å². The van der Waals surface area contributed by atoms with E-state index in [0.29, 0.717) is 6.42 Å². The Labute approximate surface area is 133 Å². The van der Waals surface area contributed by atoms with Gasteiger partial charge in [-0.2, -0.15) is 0 Å². The van der Waals surface area contributed by atoms with Crippen LogP contribution >= 0.6 is 0 Å². The first-order valence-electron chi connectivity index (χ1n) is 8.77. The molecule has 0 aromatic carbocycles. The van der Waals surface area contributed by atoms with Gasteiger partial charge < -0.3 is 10.1 Å². The highest BCUT2D eigenvalue weighted by molar-refractivity contribution is 5.86. The fraction of sp³-hybridized carbons (Fsp3) is 0.889. The third kappa shape index (κ3) is 2.77. The summed E-state index contributed by atoms with van der Waals surface area (Å²) in [5.41, 5.74) is -0.683. The third-order valence-corrected chi connectivity index (χ3v) is 6.45. The molecule has 0 heterocycles. The Kier molecular flexibility index (Phi) is 3.98. The summed E-state index contributed by atoms with van der Waals surface area (Å²) in [7, 11) is 1.40. The van der Waals surface area contributed by atoms with Gasteiger partial charge in [-0.05, 0) is 69.6 Å². The van der Waals surface area contributed by atoms with Gasteiger partial charge in [-0.25, -0.2) is 0 Å². The van der Waals surface area contributed by atoms with Gasteiger partial charge in [0.25, 0.3) is 0 Å². The van der Waals surface area contributed by atoms with Gasteiger partial charge in [-0.15, -0.1) is 0 Å². The van der Waals surface area contributed by atoms with Gasteiger partial charge in [0, 0.05) is 12.0 Å². The molecule has 4 fully saturated rings. The van der Waals surface area contributed by atoms with Gasteiger partial charge in [0.15, 0.2) is 0 Å². The molecule has 0 saturated heterocycles. The molecule has 4 aliphatic carbocycles. The minimum Gasteiger partial charge on any atom is -0.469 e. The molecule has 0 aromatic heterocycles. The number of amides is 1. The minimum atomic E-state index is -0.707. The molecule has 4 saturated carbocycles. The molecule has 1 unspecified atom stereocenters. The van der Waals surface area contributed by atoms with Crippen LogP contribution in [0.4, 0.5) is 0 Å². The number of hydrogen-bond acceptors (Lipinski definition) is 3. The lowest BCUT2D eigenvalue weighted by Gasteiger charge is -2.57. The van der Waals surface area contributed by atoms with Crippen molar-refractivity contribution in [1.82, 2.24) is 5.32 Å². The average Bonchev–Trinajstić information content (AvgIpc) is 2.43. The predicted octanol–water partition coefficient (Wildman–Crippen LogP) is 3.05. The first kappa shape index (κ1) is 15.8. The molecule has 124 valence electrons. The smallest absolute Gasteiger partial charge is 0.312 e. The number of ether oxygens (including phenoxy) is 1. The highest BCUT2D eigenvalue weighted by Gasteiger charge is 2.51. The first-order chi connectivity index (χ1) is 10.4. The van der Waals surface area contributed by atoms with E-state index in [0.717, 1.165) is 37.0 Å². The van der Waals surface area contributed by atoms with E-state index in [-0.39, 0.29) is 23.8 Å². The molecule has 4 aliphatic rings. The molecular weight excluding hydrogens is 278 g/mol. The summed E-state index contributed by atoms with van der Waals surface area (Å²) >= 11 is 0. The van der Waals surface area contributed by atoms with E-state index in [1.54, 1.807) is 0 Å². The van der Waals surface area contributed by atoms with E-state index >= 15 is 0 Å². The minimum absolute atomic E-state index is 0.0244. The van der Waals surface area contributed by atoms with Crippen LogP contribution in [0.25, 0.3) is 0 Å². The van der Waals surface area contributed by atoms with Crippen molar-refractivity contribution in [1.29, 1.82) is 0 Å². The number of rotatable bonds is 5. The highest BCUT2D eigenvalue weighted by atomic mass is 16.5. The van der Waals surface area contributed by atoms with Crippen molar-refractivity contribution in [3.63, 3.8) is 0 Å². The lowest BCUT2D eigenvalue weighted by atomic mass is 9.53. The summed E-state index contributed by atoms with van der Waals surface area (Å²) in [6.45, 7) is 3.77. The molecule has 0 aliphatic heterocycles. The Morgan fingerprint density at radius 2 is 1.64 bits per heavy atom. The monoisotopic (exact) mass is 307 g/mol. The largest absolute Gasteiger partial charge is 0.469 e. The molecule has 4 rings (SSSR count). The second-order valence-corrected chi connectivity index (χ2v) is 8.33. The zero-order chi connectivity index (χ0) is 16.0. The lowest BCUT2D eigenvalue weighted by Crippen LogP contribution is -2.60. The van der Waals surface area contributed by atoms with Crippen LogP contribution < -0.4 is 5.32 Å². The maximum absolute atomic E-state index is 12.6. The molecule has 4 nitrogen and oxygen atoms in total. The summed E-state index contributed by atoms with van der Waals surface area (Å²) < 4.78 is 4.88. The van der Waals surface area contributed by atoms with Crippen LogP contribution in [0.1, 0.15) is 65.2 Å². The van der Waals surface area contributed by atoms with E-state index in [4.69, 9.17) is 4.74 Å². The molecule has 1 amide bonds. The maximum atomic E-state index is 12.6. The number of carbonyl (C=O) groups excluding carboxylic acids is 2. The van der Waals surface area contributed by atoms with Crippen molar-refractivity contribution >= 4 is 11.9 Å². The second kappa shape index (κ2) is 5.54. The lowest BCUT2D eigenvalue weighted by molar-refractivity contribution is -0.155. The summed E-state index contributed by atoms with van der Waals surface area (Å²) in [6, 6.07) is 0. The number of esters is 1. The topological polar surface area (TPSA) is 55.4 Å². The van der Waals surface area contributed by atoms with Crippen molar-refractivity contribution < 1.29 is 14.3 Å². The highest BCUT2D eigenvalue weighted by Crippen LogP contribution is 2.55. The first-order valence-corrected chi connectivity index (χ1v) is 8.77. The maximum Gasteiger partial charge on any atom is 0.312 e. The van der Waals surface area contributed by atoms with Gasteiger partial charge >= 0.3 is 5.97 Å². The van der Waals surface area contributed by atoms with Crippen LogP contribution in [0.15, 0.2) is 0 Å². The third-order valence-electron chi connectivity index (χ3n) is 6.45. The summed E-state index contributed by atoms with van der Waals surface area (Å²) in [4.78, 5) is 24.6. The van der Waals surface area contributed by atoms with Gasteiger partial charge in [-0.3, -0.25) is 9.59 Å². The van der Waals surface area contributed by atoms with Gasteiger partial charge in [0.2, 0.25) is 5.91 Å². The zero-order valence-electron chi connectivity index (χ0n) is 14.1. The molecule has 4 bridgehead atoms. The van der Waals surface area contributed by atoms with Gasteiger partial charge in [-0.1, -0.05) is 6.92 Å². The Morgan fingerprint density at radius 3 is 2.05 bits per heavy atom. The molecule has 4 heteroatoms. The van der Waals surface area contributed by atoms with Crippen molar-refractivity contribution in [2.75, 3.05) is 7.11 Å². The summed E-state index contributed by atoms with van der Waals surface area (Å²) in [5, 5.41) is 3.35. The Hall–Kier alpha value is -1.06. The Morgan fingerprint density at radius 1 is 1.14 bits per heavy atom. The van der Waals surface area contributed by atoms with Gasteiger partial charge in [0.05, 0.1) is 12.5 Å². The molecule has 1 atom stereocenters. The summed E-state index contributed by atoms with van der Waals surface area (Å²) in [6.07, 6.45) is 8.38. The number of hydrogen-bond donors (Lipinski definition) is 1. The van der Waals surface area contributed by atoms with E-state index in [9.17, 15) is 9.59 Å². The van der Waals surface area contributed by atoms with E-state index in [1.165, 1.54) is 26.4 Å². The fourth-order valence-corrected chi connectivity index (χ4v) is 5.55. The molecule has 0 radical (unpaired) electrons. The average molecular weight is 307 g/mol. The van der Waals surface area contributed by atoms with Crippen LogP contribution in [-0.2, 0) is 14.3 Å². The molecule has 0 aromatic rings. The Bertz CT molecular complexity index is 438. The second-order valence-electron chi connectivity index (χ2n) is 8.33. The van der Waals surface area contributed by atoms with Crippen LogP contribution in [0.5, 0.6) is 0 Å². The van der Waals surface area contributed by atoms with Crippen LogP contribution in [-0.4, -0.2) is 24.5 Å². The van der Waals surface area contributed by atoms with Gasteiger partial charge in [0.1, 0.15) is 0 Å². The molecule has 1 N–H and O–H groups in total. The van der Waals surface area contributed by atoms with Crippen molar-refractivity contribution in [3.8, 4) is 0 Å². The van der Waals surface area contributed by atoms with Crippen LogP contribution in [0.3, 0.4) is 0 Å². The fourth-order valence-electron chi connectivity index (χ4n) is 5.55. The number of nitrogens with one attached hydrogen (secondary N) is 1. The molecule has 22 heavy (non-hydrogen) atoms. The van der Waals surface area contributed by atoms with E-state index in [1.807, 2.05) is 13.8 Å². The number of carbonyl (C=O) groups is 2. The standard InChI is InChI=1S/C18H29NO3/c1-4-17(2,16(21)22-3)11-15(20)19-18-8-12-5-13(9-18)7-14(6-12)10-18/h12-14H,4-11H2,1-3H3,(H,19,20). The normalized spacial score (nSPS) is 38.4. The SMILES string of the molecule is CCC(C)(CC(=O)NC12CC3CC(CC(C3)C1)C2)C(=O)OC. The van der Waals surface area contributed by atoms with Crippen molar-refractivity contribution in [2.45, 2.75) is 70.8 Å². The van der Waals surface area contributed by atoms with E-state index in [2.05, 4.69) is 5.32 Å².